The van der Waals surface area contributed by atoms with Crippen LogP contribution in [-0.4, -0.2) is 61.6 Å². The van der Waals surface area contributed by atoms with Crippen LogP contribution < -0.4 is 5.32 Å². The summed E-state index contributed by atoms with van der Waals surface area (Å²) in [5.41, 5.74) is 0.899. The molecule has 0 spiro atoms. The van der Waals surface area contributed by atoms with Crippen LogP contribution in [-0.2, 0) is 4.74 Å². The molecule has 1 aliphatic heterocycles. The van der Waals surface area contributed by atoms with Gasteiger partial charge in [-0.2, -0.15) is 0 Å². The molecule has 1 aromatic carbocycles. The third-order valence-corrected chi connectivity index (χ3v) is 4.13. The van der Waals surface area contributed by atoms with Gasteiger partial charge in [-0.25, -0.2) is 9.59 Å². The summed E-state index contributed by atoms with van der Waals surface area (Å²) in [5.74, 6) is -0.394. The van der Waals surface area contributed by atoms with E-state index in [2.05, 4.69) is 17.3 Å². The van der Waals surface area contributed by atoms with Crippen molar-refractivity contribution in [3.8, 4) is 0 Å². The lowest BCUT2D eigenvalue weighted by atomic mass is 10.2. The van der Waals surface area contributed by atoms with Gasteiger partial charge in [-0.3, -0.25) is 0 Å². The number of unbranched alkanes of at least 4 members (excludes halogenated alkanes) is 1. The summed E-state index contributed by atoms with van der Waals surface area (Å²) in [6, 6.07) is 6.82. The maximum Gasteiger partial charge on any atom is 0.340 e. The van der Waals surface area contributed by atoms with Crippen LogP contribution >= 0.6 is 0 Å². The summed E-state index contributed by atoms with van der Waals surface area (Å²) >= 11 is 0. The number of benzene rings is 1. The van der Waals surface area contributed by atoms with E-state index in [-0.39, 0.29) is 6.03 Å². The number of esters is 1. The van der Waals surface area contributed by atoms with Crippen LogP contribution in [0.25, 0.3) is 0 Å². The second kappa shape index (κ2) is 9.27. The van der Waals surface area contributed by atoms with E-state index in [9.17, 15) is 9.59 Å². The molecule has 0 atom stereocenters. The Bertz CT molecular complexity index is 562. The standard InChI is InChI=1S/C18H27N3O3/c1-3-4-14-24-17(22)15-8-5-6-9-16(15)19-18(23)21-11-7-10-20(2)12-13-21/h5-6,8-9H,3-4,7,10-14H2,1-2H3,(H,19,23). The summed E-state index contributed by atoms with van der Waals surface area (Å²) in [7, 11) is 2.06. The summed E-state index contributed by atoms with van der Waals surface area (Å²) in [6.45, 7) is 5.69. The molecular weight excluding hydrogens is 306 g/mol. The zero-order valence-corrected chi connectivity index (χ0v) is 14.6. The van der Waals surface area contributed by atoms with Gasteiger partial charge in [-0.15, -0.1) is 0 Å². The number of carbonyl (C=O) groups is 2. The number of urea groups is 1. The highest BCUT2D eigenvalue weighted by Crippen LogP contribution is 2.17. The van der Waals surface area contributed by atoms with E-state index in [0.29, 0.717) is 24.4 Å². The molecule has 0 aromatic heterocycles. The smallest absolute Gasteiger partial charge is 0.340 e. The van der Waals surface area contributed by atoms with E-state index in [4.69, 9.17) is 4.74 Å². The largest absolute Gasteiger partial charge is 0.462 e. The molecular formula is C18H27N3O3. The number of anilines is 1. The van der Waals surface area contributed by atoms with Crippen molar-refractivity contribution in [2.75, 3.05) is 45.2 Å². The molecule has 1 heterocycles. The van der Waals surface area contributed by atoms with E-state index in [0.717, 1.165) is 38.9 Å². The van der Waals surface area contributed by atoms with E-state index in [1.54, 1.807) is 29.2 Å². The van der Waals surface area contributed by atoms with Gasteiger partial charge in [0, 0.05) is 19.6 Å². The van der Waals surface area contributed by atoms with Crippen molar-refractivity contribution in [1.82, 2.24) is 9.80 Å². The van der Waals surface area contributed by atoms with Gasteiger partial charge < -0.3 is 19.9 Å². The Balaban J connectivity index is 2.01. The van der Waals surface area contributed by atoms with E-state index >= 15 is 0 Å². The molecule has 1 fully saturated rings. The first-order chi connectivity index (χ1) is 11.6. The second-order valence-electron chi connectivity index (χ2n) is 6.11. The number of likely N-dealkylation sites (N-methyl/N-ethyl adjacent to an activating group) is 1. The third kappa shape index (κ3) is 5.23. The number of hydrogen-bond donors (Lipinski definition) is 1. The number of ether oxygens (including phenoxy) is 1. The molecule has 6 heteroatoms. The number of carbonyl (C=O) groups excluding carboxylic acids is 2. The first kappa shape index (κ1) is 18.3. The normalized spacial score (nSPS) is 15.7. The Labute approximate surface area is 143 Å². The minimum atomic E-state index is -0.394. The van der Waals surface area contributed by atoms with Crippen LogP contribution in [0.4, 0.5) is 10.5 Å². The predicted molar refractivity (Wildman–Crippen MR) is 94.3 cm³/mol. The second-order valence-corrected chi connectivity index (χ2v) is 6.11. The van der Waals surface area contributed by atoms with E-state index in [1.807, 2.05) is 6.92 Å². The lowest BCUT2D eigenvalue weighted by molar-refractivity contribution is 0.0501. The molecule has 0 saturated carbocycles. The molecule has 0 radical (unpaired) electrons. The van der Waals surface area contributed by atoms with Gasteiger partial charge in [-0.05, 0) is 38.6 Å². The Kier molecular flexibility index (Phi) is 7.06. The van der Waals surface area contributed by atoms with Gasteiger partial charge in [0.1, 0.15) is 0 Å². The van der Waals surface area contributed by atoms with Crippen molar-refractivity contribution in [3.63, 3.8) is 0 Å². The molecule has 24 heavy (non-hydrogen) atoms. The summed E-state index contributed by atoms with van der Waals surface area (Å²) in [4.78, 5) is 28.7. The zero-order chi connectivity index (χ0) is 17.4. The van der Waals surface area contributed by atoms with Gasteiger partial charge >= 0.3 is 12.0 Å². The van der Waals surface area contributed by atoms with E-state index < -0.39 is 5.97 Å². The molecule has 6 nitrogen and oxygen atoms in total. The Morgan fingerprint density at radius 3 is 2.75 bits per heavy atom. The number of amides is 2. The predicted octanol–water partition coefficient (Wildman–Crippen LogP) is 2.81. The minimum Gasteiger partial charge on any atom is -0.462 e. The Morgan fingerprint density at radius 2 is 1.96 bits per heavy atom. The summed E-state index contributed by atoms with van der Waals surface area (Å²) < 4.78 is 5.26. The highest BCUT2D eigenvalue weighted by Gasteiger charge is 2.20. The fraction of sp³-hybridized carbons (Fsp3) is 0.556. The number of nitrogens with zero attached hydrogens (tertiary/aromatic N) is 2. The lowest BCUT2D eigenvalue weighted by Gasteiger charge is -2.21. The highest BCUT2D eigenvalue weighted by molar-refractivity contribution is 6.00. The van der Waals surface area contributed by atoms with Crippen LogP contribution in [0.5, 0.6) is 0 Å². The van der Waals surface area contributed by atoms with Crippen molar-refractivity contribution >= 4 is 17.7 Å². The van der Waals surface area contributed by atoms with Gasteiger partial charge in [0.25, 0.3) is 0 Å². The topological polar surface area (TPSA) is 61.9 Å². The Hall–Kier alpha value is -2.08. The average Bonchev–Trinajstić information content (AvgIpc) is 2.80. The highest BCUT2D eigenvalue weighted by atomic mass is 16.5. The first-order valence-electron chi connectivity index (χ1n) is 8.62. The monoisotopic (exact) mass is 333 g/mol. The van der Waals surface area contributed by atoms with Crippen LogP contribution in [0.1, 0.15) is 36.5 Å². The fourth-order valence-electron chi connectivity index (χ4n) is 2.60. The van der Waals surface area contributed by atoms with Crippen molar-refractivity contribution in [2.45, 2.75) is 26.2 Å². The Morgan fingerprint density at radius 1 is 1.17 bits per heavy atom. The molecule has 2 rings (SSSR count). The molecule has 2 amide bonds. The molecule has 1 saturated heterocycles. The van der Waals surface area contributed by atoms with E-state index in [1.165, 1.54) is 0 Å². The quantitative estimate of drug-likeness (QED) is 0.665. The van der Waals surface area contributed by atoms with Gasteiger partial charge in [0.05, 0.1) is 17.9 Å². The molecule has 132 valence electrons. The number of para-hydroxylation sites is 1. The minimum absolute atomic E-state index is 0.167. The van der Waals surface area contributed by atoms with Gasteiger partial charge in [0.2, 0.25) is 0 Å². The summed E-state index contributed by atoms with van der Waals surface area (Å²) in [5, 5.41) is 2.86. The molecule has 1 aliphatic rings. The fourth-order valence-corrected chi connectivity index (χ4v) is 2.60. The van der Waals surface area contributed by atoms with Crippen molar-refractivity contribution < 1.29 is 14.3 Å². The number of hydrogen-bond acceptors (Lipinski definition) is 4. The maximum atomic E-state index is 12.5. The van der Waals surface area contributed by atoms with Gasteiger partial charge in [-0.1, -0.05) is 25.5 Å². The molecule has 0 bridgehead atoms. The number of rotatable bonds is 5. The van der Waals surface area contributed by atoms with Crippen LogP contribution in [0.2, 0.25) is 0 Å². The van der Waals surface area contributed by atoms with Crippen LogP contribution in [0.3, 0.4) is 0 Å². The molecule has 0 aliphatic carbocycles. The molecule has 1 N–H and O–H groups in total. The SMILES string of the molecule is CCCCOC(=O)c1ccccc1NC(=O)N1CCCN(C)CC1. The third-order valence-electron chi connectivity index (χ3n) is 4.13. The lowest BCUT2D eigenvalue weighted by Crippen LogP contribution is -2.38. The maximum absolute atomic E-state index is 12.5. The average molecular weight is 333 g/mol. The number of nitrogens with one attached hydrogen (secondary N) is 1. The summed E-state index contributed by atoms with van der Waals surface area (Å²) in [6.07, 6.45) is 2.75. The molecule has 0 unspecified atom stereocenters. The van der Waals surface area contributed by atoms with Crippen molar-refractivity contribution in [1.29, 1.82) is 0 Å². The first-order valence-corrected chi connectivity index (χ1v) is 8.62. The zero-order valence-electron chi connectivity index (χ0n) is 14.6. The van der Waals surface area contributed by atoms with Crippen molar-refractivity contribution in [2.24, 2.45) is 0 Å². The van der Waals surface area contributed by atoms with Crippen molar-refractivity contribution in [3.05, 3.63) is 29.8 Å². The van der Waals surface area contributed by atoms with Crippen LogP contribution in [0, 0.1) is 0 Å². The van der Waals surface area contributed by atoms with Gasteiger partial charge in [0.15, 0.2) is 0 Å². The van der Waals surface area contributed by atoms with Crippen LogP contribution in [0.15, 0.2) is 24.3 Å². The molecule has 1 aromatic rings.